The molecule has 0 bridgehead atoms. The summed E-state index contributed by atoms with van der Waals surface area (Å²) in [6.07, 6.45) is 0. The number of nitrogens with zero attached hydrogens (tertiary/aromatic N) is 4. The number of para-hydroxylation sites is 1. The predicted octanol–water partition coefficient (Wildman–Crippen LogP) is 5.03. The first-order chi connectivity index (χ1) is 16.4. The summed E-state index contributed by atoms with van der Waals surface area (Å²) in [6.45, 7) is 6.67. The Morgan fingerprint density at radius 1 is 1.06 bits per heavy atom. The maximum absolute atomic E-state index is 14.1. The minimum absolute atomic E-state index is 0.0809. The molecule has 1 N–H and O–H groups in total. The Labute approximate surface area is 208 Å². The van der Waals surface area contributed by atoms with Crippen LogP contribution in [0.5, 0.6) is 0 Å². The molecule has 0 atom stereocenters. The molecule has 0 unspecified atom stereocenters. The van der Waals surface area contributed by atoms with Gasteiger partial charge in [-0.2, -0.15) is 0 Å². The van der Waals surface area contributed by atoms with Gasteiger partial charge in [0.15, 0.2) is 5.16 Å². The lowest BCUT2D eigenvalue weighted by Crippen LogP contribution is -2.47. The summed E-state index contributed by atoms with van der Waals surface area (Å²) >= 11 is 7.78. The topological polar surface area (TPSA) is 61.4 Å². The van der Waals surface area contributed by atoms with Gasteiger partial charge in [-0.15, -0.1) is 0 Å². The van der Waals surface area contributed by atoms with Crippen molar-refractivity contribution in [3.63, 3.8) is 0 Å². The number of carbonyl (C=O) groups excluding carboxylic acids is 1. The molecular formula is C25H27ClFN5OS. The minimum atomic E-state index is -0.203. The molecule has 0 saturated carbocycles. The Morgan fingerprint density at radius 3 is 2.53 bits per heavy atom. The van der Waals surface area contributed by atoms with Crippen LogP contribution in [0.3, 0.4) is 0 Å². The number of aromatic nitrogens is 2. The van der Waals surface area contributed by atoms with Crippen LogP contribution in [0.4, 0.5) is 15.9 Å². The highest BCUT2D eigenvalue weighted by atomic mass is 35.5. The average Bonchev–Trinajstić information content (AvgIpc) is 2.83. The normalized spacial score (nSPS) is 13.9. The fraction of sp³-hybridized carbons (Fsp3) is 0.320. The Morgan fingerprint density at radius 2 is 1.79 bits per heavy atom. The third kappa shape index (κ3) is 6.18. The van der Waals surface area contributed by atoms with Crippen LogP contribution in [0.2, 0.25) is 5.15 Å². The van der Waals surface area contributed by atoms with Crippen LogP contribution in [-0.2, 0) is 5.75 Å². The van der Waals surface area contributed by atoms with Gasteiger partial charge >= 0.3 is 0 Å². The summed E-state index contributed by atoms with van der Waals surface area (Å²) < 4.78 is 14.1. The highest BCUT2D eigenvalue weighted by Crippen LogP contribution is 2.27. The molecule has 1 aromatic heterocycles. The lowest BCUT2D eigenvalue weighted by Gasteiger charge is -2.36. The smallest absolute Gasteiger partial charge is 0.251 e. The molecule has 1 aliphatic heterocycles. The lowest BCUT2D eigenvalue weighted by atomic mass is 10.1. The summed E-state index contributed by atoms with van der Waals surface area (Å²) in [7, 11) is 0. The zero-order chi connectivity index (χ0) is 24.1. The molecule has 3 aromatic rings. The number of carbonyl (C=O) groups is 1. The molecule has 2 aromatic carbocycles. The molecule has 6 nitrogen and oxygen atoms in total. The first kappa shape index (κ1) is 24.3. The SMILES string of the molecule is CC(C)NC(=O)c1cccc(CSc2nc(Cl)cc(N3CCN(c4ccccc4F)CC3)n2)c1. The van der Waals surface area contributed by atoms with Gasteiger partial charge in [0.1, 0.15) is 16.8 Å². The van der Waals surface area contributed by atoms with Crippen LogP contribution in [0, 0.1) is 5.82 Å². The number of hydrogen-bond acceptors (Lipinski definition) is 6. The van der Waals surface area contributed by atoms with Crippen molar-refractivity contribution in [2.75, 3.05) is 36.0 Å². The number of amides is 1. The van der Waals surface area contributed by atoms with Crippen LogP contribution >= 0.6 is 23.4 Å². The number of benzene rings is 2. The number of nitrogens with one attached hydrogen (secondary N) is 1. The lowest BCUT2D eigenvalue weighted by molar-refractivity contribution is 0.0943. The maximum atomic E-state index is 14.1. The van der Waals surface area contributed by atoms with E-state index in [1.807, 2.05) is 49.1 Å². The monoisotopic (exact) mass is 499 g/mol. The average molecular weight is 500 g/mol. The van der Waals surface area contributed by atoms with Crippen molar-refractivity contribution < 1.29 is 9.18 Å². The third-order valence-corrected chi connectivity index (χ3v) is 6.55. The van der Waals surface area contributed by atoms with Gasteiger partial charge in [-0.05, 0) is 43.7 Å². The van der Waals surface area contributed by atoms with Gasteiger partial charge in [-0.1, -0.05) is 47.6 Å². The second-order valence-corrected chi connectivity index (χ2v) is 9.70. The molecular weight excluding hydrogens is 473 g/mol. The summed E-state index contributed by atoms with van der Waals surface area (Å²) in [5.74, 6) is 1.09. The molecule has 2 heterocycles. The van der Waals surface area contributed by atoms with Gasteiger partial charge in [-0.3, -0.25) is 4.79 Å². The number of anilines is 2. The minimum Gasteiger partial charge on any atom is -0.366 e. The predicted molar refractivity (Wildman–Crippen MR) is 136 cm³/mol. The van der Waals surface area contributed by atoms with E-state index in [2.05, 4.69) is 15.2 Å². The number of piperazine rings is 1. The molecule has 9 heteroatoms. The van der Waals surface area contributed by atoms with Crippen LogP contribution in [0.25, 0.3) is 0 Å². The quantitative estimate of drug-likeness (QED) is 0.279. The molecule has 1 saturated heterocycles. The molecule has 1 amide bonds. The number of hydrogen-bond donors (Lipinski definition) is 1. The van der Waals surface area contributed by atoms with E-state index < -0.39 is 0 Å². The number of halogens is 2. The van der Waals surface area contributed by atoms with Crippen LogP contribution in [0.1, 0.15) is 29.8 Å². The molecule has 0 spiro atoms. The van der Waals surface area contributed by atoms with Gasteiger partial charge in [0.05, 0.1) is 5.69 Å². The fourth-order valence-corrected chi connectivity index (χ4v) is 4.82. The van der Waals surface area contributed by atoms with Crippen molar-refractivity contribution >= 4 is 40.8 Å². The Bertz CT molecular complexity index is 1150. The first-order valence-electron chi connectivity index (χ1n) is 11.2. The second kappa shape index (κ2) is 11.1. The van der Waals surface area contributed by atoms with E-state index in [1.54, 1.807) is 18.2 Å². The van der Waals surface area contributed by atoms with E-state index in [0.29, 0.717) is 53.5 Å². The van der Waals surface area contributed by atoms with Gasteiger partial charge in [-0.25, -0.2) is 14.4 Å². The molecule has 0 aliphatic carbocycles. The molecule has 34 heavy (non-hydrogen) atoms. The standard InChI is InChI=1S/C25H27ClFN5OS/c1-17(2)28-24(33)19-7-5-6-18(14-19)16-34-25-29-22(26)15-23(30-25)32-12-10-31(11-13-32)21-9-4-3-8-20(21)27/h3-9,14-15,17H,10-13,16H2,1-2H3,(H,28,33). The van der Waals surface area contributed by atoms with Crippen LogP contribution < -0.4 is 15.1 Å². The van der Waals surface area contributed by atoms with E-state index in [0.717, 1.165) is 11.4 Å². The van der Waals surface area contributed by atoms with E-state index in [1.165, 1.54) is 17.8 Å². The molecule has 178 valence electrons. The Balaban J connectivity index is 1.39. The third-order valence-electron chi connectivity index (χ3n) is 5.43. The summed E-state index contributed by atoms with van der Waals surface area (Å²) in [5.41, 5.74) is 2.26. The molecule has 0 radical (unpaired) electrons. The van der Waals surface area contributed by atoms with Crippen molar-refractivity contribution in [1.82, 2.24) is 15.3 Å². The Kier molecular flexibility index (Phi) is 7.90. The van der Waals surface area contributed by atoms with Crippen molar-refractivity contribution in [2.24, 2.45) is 0 Å². The zero-order valence-corrected chi connectivity index (χ0v) is 20.7. The van der Waals surface area contributed by atoms with E-state index in [4.69, 9.17) is 16.6 Å². The van der Waals surface area contributed by atoms with Crippen molar-refractivity contribution in [3.8, 4) is 0 Å². The summed E-state index contributed by atoms with van der Waals surface area (Å²) in [6, 6.07) is 16.2. The highest BCUT2D eigenvalue weighted by molar-refractivity contribution is 7.98. The van der Waals surface area contributed by atoms with E-state index in [9.17, 15) is 9.18 Å². The van der Waals surface area contributed by atoms with Crippen molar-refractivity contribution in [1.29, 1.82) is 0 Å². The van der Waals surface area contributed by atoms with Gasteiger partial charge in [0.25, 0.3) is 5.91 Å². The largest absolute Gasteiger partial charge is 0.366 e. The van der Waals surface area contributed by atoms with Crippen LogP contribution in [-0.4, -0.2) is 48.1 Å². The summed E-state index contributed by atoms with van der Waals surface area (Å²) in [4.78, 5) is 25.6. The first-order valence-corrected chi connectivity index (χ1v) is 12.6. The van der Waals surface area contributed by atoms with E-state index >= 15 is 0 Å². The van der Waals surface area contributed by atoms with Gasteiger partial charge < -0.3 is 15.1 Å². The molecule has 4 rings (SSSR count). The van der Waals surface area contributed by atoms with E-state index in [-0.39, 0.29) is 17.8 Å². The van der Waals surface area contributed by atoms with Crippen molar-refractivity contribution in [2.45, 2.75) is 30.8 Å². The van der Waals surface area contributed by atoms with Gasteiger partial charge in [0.2, 0.25) is 0 Å². The second-order valence-electron chi connectivity index (χ2n) is 8.37. The zero-order valence-electron chi connectivity index (χ0n) is 19.2. The van der Waals surface area contributed by atoms with Crippen LogP contribution in [0.15, 0.2) is 59.8 Å². The maximum Gasteiger partial charge on any atom is 0.251 e. The Hall–Kier alpha value is -2.84. The number of thioether (sulfide) groups is 1. The number of rotatable bonds is 7. The van der Waals surface area contributed by atoms with Crippen molar-refractivity contribution in [3.05, 3.63) is 76.7 Å². The molecule has 1 fully saturated rings. The molecule has 1 aliphatic rings. The fourth-order valence-electron chi connectivity index (χ4n) is 3.79. The summed E-state index contributed by atoms with van der Waals surface area (Å²) in [5, 5.41) is 3.87. The van der Waals surface area contributed by atoms with Gasteiger partial charge in [0, 0.05) is 49.6 Å². The highest BCUT2D eigenvalue weighted by Gasteiger charge is 2.21.